The number of aromatic nitrogens is 2. The van der Waals surface area contributed by atoms with Crippen LogP contribution in [0.2, 0.25) is 0 Å². The molecule has 2 heterocycles. The second-order valence-corrected chi connectivity index (χ2v) is 6.72. The van der Waals surface area contributed by atoms with Gasteiger partial charge in [-0.05, 0) is 18.9 Å². The van der Waals surface area contributed by atoms with Crippen molar-refractivity contribution >= 4 is 29.0 Å². The lowest BCUT2D eigenvalue weighted by Crippen LogP contribution is -2.26. The van der Waals surface area contributed by atoms with Gasteiger partial charge in [0.05, 0.1) is 22.6 Å². The average molecular weight is 403 g/mol. The Bertz CT molecular complexity index is 929. The van der Waals surface area contributed by atoms with E-state index >= 15 is 0 Å². The maximum Gasteiger partial charge on any atom is 0.287 e. The summed E-state index contributed by atoms with van der Waals surface area (Å²) in [6.07, 6.45) is 5.85. The summed E-state index contributed by atoms with van der Waals surface area (Å²) in [5, 5.41) is 23.5. The zero-order valence-electron chi connectivity index (χ0n) is 16.4. The minimum absolute atomic E-state index is 0.136. The fourth-order valence-electron chi connectivity index (χ4n) is 2.84. The number of hydrogen-bond acceptors (Lipinski definition) is 5. The van der Waals surface area contributed by atoms with Gasteiger partial charge in [0.1, 0.15) is 11.4 Å². The van der Waals surface area contributed by atoms with Crippen LogP contribution in [0.1, 0.15) is 46.7 Å². The Morgan fingerprint density at radius 2 is 1.76 bits per heavy atom. The van der Waals surface area contributed by atoms with Crippen molar-refractivity contribution in [1.82, 2.24) is 14.5 Å². The third-order valence-electron chi connectivity index (χ3n) is 4.34. The van der Waals surface area contributed by atoms with Crippen molar-refractivity contribution in [2.45, 2.75) is 25.7 Å². The van der Waals surface area contributed by atoms with Crippen molar-refractivity contribution in [1.29, 1.82) is 5.41 Å². The number of rotatable bonds is 10. The molecule has 0 saturated carbocycles. The maximum atomic E-state index is 12.4. The highest BCUT2D eigenvalue weighted by atomic mass is 16.6. The summed E-state index contributed by atoms with van der Waals surface area (Å²) < 4.78 is 2.96. The van der Waals surface area contributed by atoms with Gasteiger partial charge in [-0.25, -0.2) is 0 Å². The van der Waals surface area contributed by atoms with E-state index in [0.717, 1.165) is 19.3 Å². The van der Waals surface area contributed by atoms with Crippen LogP contribution in [0.5, 0.6) is 0 Å². The third-order valence-corrected chi connectivity index (χ3v) is 4.34. The number of carbonyl (C=O) groups is 2. The van der Waals surface area contributed by atoms with Crippen LogP contribution >= 0.6 is 0 Å². The predicted octanol–water partition coefficient (Wildman–Crippen LogP) is 1.75. The molecule has 0 fully saturated rings. The summed E-state index contributed by atoms with van der Waals surface area (Å²) in [6, 6.07) is 2.73. The van der Waals surface area contributed by atoms with Gasteiger partial charge in [0.15, 0.2) is 0 Å². The SMILES string of the molecule is Cn1cc(NC(=O)c2cc([N+](=O)[O-])cn2C)cc1C(=O)NCCCCCC(=N)N. The average Bonchev–Trinajstić information content (AvgIpc) is 3.20. The molecule has 0 spiro atoms. The van der Waals surface area contributed by atoms with Crippen LogP contribution in [-0.4, -0.2) is 38.3 Å². The quantitative estimate of drug-likeness (QED) is 0.156. The molecule has 11 nitrogen and oxygen atoms in total. The van der Waals surface area contributed by atoms with E-state index in [-0.39, 0.29) is 23.1 Å². The van der Waals surface area contributed by atoms with Gasteiger partial charge in [0.25, 0.3) is 17.5 Å². The number of nitrogens with two attached hydrogens (primary N) is 1. The topological polar surface area (TPSA) is 161 Å². The van der Waals surface area contributed by atoms with Crippen molar-refractivity contribution in [3.05, 3.63) is 46.0 Å². The lowest BCUT2D eigenvalue weighted by molar-refractivity contribution is -0.384. The summed E-state index contributed by atoms with van der Waals surface area (Å²) in [6.45, 7) is 0.497. The predicted molar refractivity (Wildman–Crippen MR) is 108 cm³/mol. The monoisotopic (exact) mass is 403 g/mol. The van der Waals surface area contributed by atoms with Gasteiger partial charge in [-0.1, -0.05) is 6.42 Å². The number of aryl methyl sites for hydroxylation is 2. The molecule has 0 aromatic carbocycles. The van der Waals surface area contributed by atoms with Crippen LogP contribution in [0, 0.1) is 15.5 Å². The Kier molecular flexibility index (Phi) is 7.12. The van der Waals surface area contributed by atoms with E-state index in [4.69, 9.17) is 11.1 Å². The number of nitrogens with one attached hydrogen (secondary N) is 3. The molecule has 0 aliphatic heterocycles. The highest BCUT2D eigenvalue weighted by Gasteiger charge is 2.19. The summed E-state index contributed by atoms with van der Waals surface area (Å²) in [4.78, 5) is 35.0. The van der Waals surface area contributed by atoms with Gasteiger partial charge in [0, 0.05) is 39.3 Å². The first-order valence-electron chi connectivity index (χ1n) is 9.08. The lowest BCUT2D eigenvalue weighted by atomic mass is 10.2. The van der Waals surface area contributed by atoms with E-state index in [1.165, 1.54) is 16.8 Å². The number of amidine groups is 1. The standard InChI is InChI=1S/C18H25N7O4/c1-23-10-12(22-18(27)15-9-13(25(28)29)11-24(15)2)8-14(23)17(26)21-7-5-3-4-6-16(19)20/h8-11H,3-7H2,1-2H3,(H3,19,20)(H,21,26)(H,22,27). The Morgan fingerprint density at radius 3 is 2.38 bits per heavy atom. The minimum Gasteiger partial charge on any atom is -0.388 e. The molecule has 2 aromatic rings. The van der Waals surface area contributed by atoms with Crippen molar-refractivity contribution in [3.63, 3.8) is 0 Å². The highest BCUT2D eigenvalue weighted by Crippen LogP contribution is 2.18. The van der Waals surface area contributed by atoms with E-state index in [1.54, 1.807) is 30.9 Å². The second-order valence-electron chi connectivity index (χ2n) is 6.72. The first-order chi connectivity index (χ1) is 13.7. The zero-order chi connectivity index (χ0) is 21.6. The molecule has 2 aromatic heterocycles. The Labute approximate surface area is 167 Å². The van der Waals surface area contributed by atoms with Crippen LogP contribution in [-0.2, 0) is 14.1 Å². The molecule has 2 rings (SSSR count). The largest absolute Gasteiger partial charge is 0.388 e. The van der Waals surface area contributed by atoms with Gasteiger partial charge in [-0.2, -0.15) is 0 Å². The van der Waals surface area contributed by atoms with E-state index in [9.17, 15) is 19.7 Å². The number of amides is 2. The van der Waals surface area contributed by atoms with Gasteiger partial charge < -0.3 is 25.5 Å². The van der Waals surface area contributed by atoms with Gasteiger partial charge in [-0.3, -0.25) is 25.1 Å². The smallest absolute Gasteiger partial charge is 0.287 e. The fraction of sp³-hybridized carbons (Fsp3) is 0.389. The Morgan fingerprint density at radius 1 is 1.10 bits per heavy atom. The molecule has 0 unspecified atom stereocenters. The molecule has 2 amide bonds. The van der Waals surface area contributed by atoms with Crippen molar-refractivity contribution in [3.8, 4) is 0 Å². The third kappa shape index (κ3) is 5.92. The zero-order valence-corrected chi connectivity index (χ0v) is 16.4. The molecule has 0 aliphatic carbocycles. The maximum absolute atomic E-state index is 12.4. The molecule has 0 saturated heterocycles. The van der Waals surface area contributed by atoms with Crippen molar-refractivity contribution < 1.29 is 14.5 Å². The summed E-state index contributed by atoms with van der Waals surface area (Å²) >= 11 is 0. The lowest BCUT2D eigenvalue weighted by Gasteiger charge is -2.05. The molecule has 0 aliphatic rings. The number of hydrogen-bond donors (Lipinski definition) is 4. The summed E-state index contributed by atoms with van der Waals surface area (Å²) in [5.41, 5.74) is 6.05. The number of unbranched alkanes of at least 4 members (excludes halogenated alkanes) is 2. The van der Waals surface area contributed by atoms with E-state index in [1.807, 2.05) is 0 Å². The van der Waals surface area contributed by atoms with Crippen LogP contribution in [0.15, 0.2) is 24.5 Å². The van der Waals surface area contributed by atoms with Gasteiger partial charge >= 0.3 is 0 Å². The fourth-order valence-corrected chi connectivity index (χ4v) is 2.84. The normalized spacial score (nSPS) is 10.6. The van der Waals surface area contributed by atoms with Crippen molar-refractivity contribution in [2.24, 2.45) is 19.8 Å². The van der Waals surface area contributed by atoms with Crippen LogP contribution < -0.4 is 16.4 Å². The van der Waals surface area contributed by atoms with Crippen LogP contribution in [0.25, 0.3) is 0 Å². The Hall–Kier alpha value is -3.63. The molecule has 0 atom stereocenters. The van der Waals surface area contributed by atoms with Crippen LogP contribution in [0.3, 0.4) is 0 Å². The number of anilines is 1. The molecule has 0 radical (unpaired) electrons. The Balaban J connectivity index is 1.92. The van der Waals surface area contributed by atoms with Crippen LogP contribution in [0.4, 0.5) is 11.4 Å². The van der Waals surface area contributed by atoms with Gasteiger partial charge in [0.2, 0.25) is 0 Å². The first kappa shape index (κ1) is 21.7. The number of nitrogens with zero attached hydrogens (tertiary/aromatic N) is 3. The first-order valence-corrected chi connectivity index (χ1v) is 9.08. The molecule has 29 heavy (non-hydrogen) atoms. The molecular formula is C18H25N7O4. The number of nitro groups is 1. The summed E-state index contributed by atoms with van der Waals surface area (Å²) in [5.74, 6) is -0.616. The molecular weight excluding hydrogens is 378 g/mol. The van der Waals surface area contributed by atoms with E-state index < -0.39 is 10.8 Å². The second kappa shape index (κ2) is 9.53. The van der Waals surface area contributed by atoms with Gasteiger partial charge in [-0.15, -0.1) is 0 Å². The molecule has 156 valence electrons. The molecule has 0 bridgehead atoms. The summed E-state index contributed by atoms with van der Waals surface area (Å²) in [7, 11) is 3.23. The number of carbonyl (C=O) groups excluding carboxylic acids is 2. The molecule has 5 N–H and O–H groups in total. The molecule has 11 heteroatoms. The van der Waals surface area contributed by atoms with Crippen molar-refractivity contribution in [2.75, 3.05) is 11.9 Å². The highest BCUT2D eigenvalue weighted by molar-refractivity contribution is 6.04. The van der Waals surface area contributed by atoms with E-state index in [0.29, 0.717) is 24.3 Å². The van der Waals surface area contributed by atoms with E-state index in [2.05, 4.69) is 10.6 Å². The minimum atomic E-state index is -0.568.